The molecule has 0 radical (unpaired) electrons. The maximum Gasteiger partial charge on any atom is 0.265 e. The van der Waals surface area contributed by atoms with Crippen molar-refractivity contribution in [2.45, 2.75) is 82.5 Å². The van der Waals surface area contributed by atoms with Crippen LogP contribution in [0.5, 0.6) is 11.8 Å². The smallest absolute Gasteiger partial charge is 0.265 e. The van der Waals surface area contributed by atoms with Gasteiger partial charge >= 0.3 is 0 Å². The molecule has 2 fully saturated rings. The minimum atomic E-state index is -2.11. The van der Waals surface area contributed by atoms with Crippen molar-refractivity contribution in [3.63, 3.8) is 0 Å². The van der Waals surface area contributed by atoms with Crippen LogP contribution in [0, 0.1) is 11.8 Å². The largest absolute Gasteiger partial charge is 0.470 e. The number of fused-ring (bicyclic) bond motifs is 4. The monoisotopic (exact) mass is 804 g/mol. The lowest BCUT2D eigenvalue weighted by Gasteiger charge is -2.44. The van der Waals surface area contributed by atoms with Crippen molar-refractivity contribution >= 4 is 23.1 Å². The van der Waals surface area contributed by atoms with Gasteiger partial charge in [0.05, 0.1) is 12.1 Å². The van der Waals surface area contributed by atoms with Crippen molar-refractivity contribution < 1.29 is 47.9 Å². The summed E-state index contributed by atoms with van der Waals surface area (Å²) >= 11 is 0. The molecule has 6 atom stereocenters. The highest BCUT2D eigenvalue weighted by Gasteiger charge is 2.63. The molecule has 0 spiro atoms. The van der Waals surface area contributed by atoms with E-state index in [1.165, 1.54) is 12.2 Å². The lowest BCUT2D eigenvalue weighted by atomic mass is 9.65. The van der Waals surface area contributed by atoms with E-state index in [2.05, 4.69) is 20.1 Å². The Morgan fingerprint density at radius 2 is 0.983 bits per heavy atom. The molecule has 2 saturated heterocycles. The molecular weight excluding hydrogens is 757 g/mol. The van der Waals surface area contributed by atoms with Gasteiger partial charge in [-0.2, -0.15) is 0 Å². The number of aromatic nitrogens is 2. The lowest BCUT2D eigenvalue weighted by Crippen LogP contribution is -2.60. The number of carbonyl (C=O) groups excluding carboxylic acids is 4. The molecule has 14 heteroatoms. The van der Waals surface area contributed by atoms with Crippen LogP contribution in [0.3, 0.4) is 0 Å². The van der Waals surface area contributed by atoms with E-state index < -0.39 is 46.2 Å². The Labute approximate surface area is 341 Å². The van der Waals surface area contributed by atoms with Crippen LogP contribution in [0.15, 0.2) is 94.0 Å². The summed E-state index contributed by atoms with van der Waals surface area (Å²) in [4.78, 5) is 56.4. The third-order valence-electron chi connectivity index (χ3n) is 12.5. The fraction of sp³-hybridized carbons (Fsp3) is 0.422. The highest BCUT2D eigenvalue weighted by molar-refractivity contribution is 6.24. The molecule has 6 aliphatic rings. The predicted molar refractivity (Wildman–Crippen MR) is 211 cm³/mol. The van der Waals surface area contributed by atoms with E-state index in [1.807, 2.05) is 60.7 Å². The number of Topliss-reactive ketones (excluding diaryl/α,β-unsaturated/α-hetero) is 2. The van der Waals surface area contributed by atoms with E-state index in [4.69, 9.17) is 18.5 Å². The summed E-state index contributed by atoms with van der Waals surface area (Å²) in [6.07, 6.45) is 11.0. The Morgan fingerprint density at radius 1 is 0.610 bits per heavy atom. The van der Waals surface area contributed by atoms with Gasteiger partial charge in [-0.05, 0) is 98.3 Å². The van der Waals surface area contributed by atoms with Gasteiger partial charge in [0.1, 0.15) is 24.3 Å². The molecule has 308 valence electrons. The van der Waals surface area contributed by atoms with Gasteiger partial charge in [0.25, 0.3) is 11.8 Å². The van der Waals surface area contributed by atoms with Crippen molar-refractivity contribution in [2.24, 2.45) is 11.8 Å². The zero-order valence-electron chi connectivity index (χ0n) is 31.8. The first-order chi connectivity index (χ1) is 28.2. The fourth-order valence-electron chi connectivity index (χ4n) is 9.55. The van der Waals surface area contributed by atoms with Gasteiger partial charge < -0.3 is 28.7 Å². The number of carbonyl (C=O) groups is 4. The first kappa shape index (κ1) is 40.2. The van der Waals surface area contributed by atoms with Gasteiger partial charge in [0, 0.05) is 11.8 Å². The van der Waals surface area contributed by atoms with Gasteiger partial charge in [-0.1, -0.05) is 80.2 Å². The Bertz CT molecular complexity index is 2110. The van der Waals surface area contributed by atoms with Crippen LogP contribution >= 0.6 is 0 Å². The number of hydrogen-bond donors (Lipinski definition) is 2. The van der Waals surface area contributed by atoms with Crippen LogP contribution in [-0.4, -0.2) is 90.8 Å². The summed E-state index contributed by atoms with van der Waals surface area (Å²) in [5, 5.41) is 30.7. The predicted octanol–water partition coefficient (Wildman–Crippen LogP) is 5.56. The zero-order chi connectivity index (χ0) is 40.0. The van der Waals surface area contributed by atoms with Gasteiger partial charge in [0.15, 0.2) is 34.3 Å². The molecule has 2 N–H and O–H groups in total. The lowest BCUT2D eigenvalue weighted by molar-refractivity contribution is -0.138. The highest BCUT2D eigenvalue weighted by Crippen LogP contribution is 2.52. The molecule has 14 nitrogen and oxygen atoms in total. The Hall–Kier alpha value is -5.54. The van der Waals surface area contributed by atoms with Crippen molar-refractivity contribution in [1.82, 2.24) is 20.1 Å². The average molecular weight is 805 g/mol. The molecule has 4 aromatic rings. The standard InChI is InChI=1S/2C22H22N2O5.CH4/c2*25-16-10-6-9-15-18(24-11-4-5-12-24)19-17(20(26)22(15,16)27)21(23-29-19)28-13-14-7-2-1-3-8-14;/h2*1-3,6-8,10,15,18,27H,4-5,9,11-13H2;1H4/t15?,18-,22+;15?,18-,22-;/m00./s1. The molecule has 10 rings (SSSR count). The number of aliphatic hydroxyl groups is 2. The molecule has 4 heterocycles. The average Bonchev–Trinajstić information content (AvgIpc) is 4.09. The Kier molecular flexibility index (Phi) is 11.1. The maximum absolute atomic E-state index is 13.3. The summed E-state index contributed by atoms with van der Waals surface area (Å²) < 4.78 is 22.8. The molecule has 2 aromatic heterocycles. The molecule has 59 heavy (non-hydrogen) atoms. The summed E-state index contributed by atoms with van der Waals surface area (Å²) in [5.41, 5.74) is -2.19. The SMILES string of the molecule is C.O=C1C=CCC2[C@H](N3CCCC3)c3onc(OCc4ccccc4)c3C(=O)[C@@]12O.O=C1C=CCC2[C@H](N3CCCC3)c3onc(OCc4ccccc4)c3C(=O)[C@]12O. The minimum absolute atomic E-state index is 0. The van der Waals surface area contributed by atoms with Crippen LogP contribution < -0.4 is 9.47 Å². The van der Waals surface area contributed by atoms with Crippen LogP contribution in [0.2, 0.25) is 0 Å². The van der Waals surface area contributed by atoms with Gasteiger partial charge in [-0.3, -0.25) is 29.0 Å². The minimum Gasteiger partial charge on any atom is -0.470 e. The molecule has 2 aliphatic heterocycles. The summed E-state index contributed by atoms with van der Waals surface area (Å²) in [7, 11) is 0. The third kappa shape index (κ3) is 6.77. The quantitative estimate of drug-likeness (QED) is 0.211. The number of ether oxygens (including phenoxy) is 2. The van der Waals surface area contributed by atoms with Crippen molar-refractivity contribution in [2.75, 3.05) is 26.2 Å². The van der Waals surface area contributed by atoms with Gasteiger partial charge in [-0.15, -0.1) is 0 Å². The van der Waals surface area contributed by atoms with Gasteiger partial charge in [-0.25, -0.2) is 0 Å². The van der Waals surface area contributed by atoms with Crippen molar-refractivity contribution in [1.29, 1.82) is 0 Å². The summed E-state index contributed by atoms with van der Waals surface area (Å²) in [5.74, 6) is -2.82. The molecule has 2 aromatic carbocycles. The molecular formula is C45H48N4O10. The van der Waals surface area contributed by atoms with E-state index >= 15 is 0 Å². The Morgan fingerprint density at radius 3 is 1.36 bits per heavy atom. The number of benzene rings is 2. The van der Waals surface area contributed by atoms with Crippen LogP contribution in [-0.2, 0) is 22.8 Å². The van der Waals surface area contributed by atoms with Crippen LogP contribution in [0.4, 0.5) is 0 Å². The topological polar surface area (TPSA) is 186 Å². The molecule has 0 bridgehead atoms. The number of nitrogens with zero attached hydrogens (tertiary/aromatic N) is 4. The van der Waals surface area contributed by atoms with E-state index in [1.54, 1.807) is 12.2 Å². The van der Waals surface area contributed by atoms with E-state index in [0.717, 1.165) is 63.0 Å². The normalized spacial score (nSPS) is 28.5. The number of allylic oxidation sites excluding steroid dienone is 2. The first-order valence-corrected chi connectivity index (χ1v) is 20.0. The number of likely N-dealkylation sites (tertiary alicyclic amines) is 2. The van der Waals surface area contributed by atoms with E-state index in [-0.39, 0.29) is 55.6 Å². The number of rotatable bonds is 8. The first-order valence-electron chi connectivity index (χ1n) is 20.0. The summed E-state index contributed by atoms with van der Waals surface area (Å²) in [6, 6.07) is 18.2. The maximum atomic E-state index is 13.3. The van der Waals surface area contributed by atoms with Crippen molar-refractivity contribution in [3.8, 4) is 11.8 Å². The number of ketones is 4. The Balaban J connectivity index is 0.000000161. The second-order valence-electron chi connectivity index (χ2n) is 15.8. The second kappa shape index (κ2) is 16.3. The van der Waals surface area contributed by atoms with Crippen LogP contribution in [0.25, 0.3) is 0 Å². The fourth-order valence-corrected chi connectivity index (χ4v) is 9.55. The van der Waals surface area contributed by atoms with E-state index in [9.17, 15) is 29.4 Å². The molecule has 4 aliphatic carbocycles. The van der Waals surface area contributed by atoms with E-state index in [0.29, 0.717) is 24.4 Å². The third-order valence-corrected chi connectivity index (χ3v) is 12.5. The number of hydrogen-bond acceptors (Lipinski definition) is 14. The van der Waals surface area contributed by atoms with Crippen LogP contribution in [0.1, 0.15) is 101 Å². The molecule has 0 amide bonds. The van der Waals surface area contributed by atoms with Gasteiger partial charge in [0.2, 0.25) is 11.6 Å². The van der Waals surface area contributed by atoms with Crippen molar-refractivity contribution in [3.05, 3.63) is 119 Å². The second-order valence-corrected chi connectivity index (χ2v) is 15.8. The summed E-state index contributed by atoms with van der Waals surface area (Å²) in [6.45, 7) is 3.70. The molecule has 2 unspecified atom stereocenters. The molecule has 0 saturated carbocycles. The zero-order valence-corrected chi connectivity index (χ0v) is 31.8. The highest BCUT2D eigenvalue weighted by atomic mass is 16.5.